The molecule has 4 aromatic rings. The van der Waals surface area contributed by atoms with Gasteiger partial charge in [-0.3, -0.25) is 14.8 Å². The van der Waals surface area contributed by atoms with E-state index in [1.54, 1.807) is 34.6 Å². The number of aromatic nitrogens is 4. The van der Waals surface area contributed by atoms with Gasteiger partial charge in [-0.25, -0.2) is 30.0 Å². The van der Waals surface area contributed by atoms with Gasteiger partial charge in [-0.05, 0) is 51.5 Å². The molecule has 2 amide bonds. The number of nitrogens with zero attached hydrogens (tertiary/aromatic N) is 7. The summed E-state index contributed by atoms with van der Waals surface area (Å²) in [6.07, 6.45) is 3.53. The number of amides is 2. The van der Waals surface area contributed by atoms with Crippen LogP contribution in [0, 0.1) is 0 Å². The average molecular weight is 713 g/mol. The van der Waals surface area contributed by atoms with E-state index < -0.39 is 29.2 Å². The van der Waals surface area contributed by atoms with Gasteiger partial charge in [0.15, 0.2) is 5.60 Å². The Bertz CT molecular complexity index is 2210. The molecular formula is C35H36N8O9. The van der Waals surface area contributed by atoms with E-state index in [9.17, 15) is 24.3 Å². The first kappa shape index (κ1) is 34.5. The molecule has 1 saturated heterocycles. The molecule has 0 bridgehead atoms. The number of fused-ring (bicyclic) bond motifs is 5. The van der Waals surface area contributed by atoms with Gasteiger partial charge in [0.25, 0.3) is 11.5 Å². The van der Waals surface area contributed by atoms with E-state index in [4.69, 9.17) is 24.5 Å². The lowest BCUT2D eigenvalue weighted by atomic mass is 9.86. The molecule has 52 heavy (non-hydrogen) atoms. The lowest BCUT2D eigenvalue weighted by molar-refractivity contribution is -0.172. The Hall–Kier alpha value is -5.94. The van der Waals surface area contributed by atoms with E-state index in [0.717, 1.165) is 0 Å². The van der Waals surface area contributed by atoms with Crippen molar-refractivity contribution in [2.24, 2.45) is 5.16 Å². The second kappa shape index (κ2) is 13.0. The number of cyclic esters (lactones) is 1. The fraction of sp³-hybridized carbons (Fsp3) is 0.371. The standard InChI is InChI=1S/C35H36N8O9/c1-5-35(48)24-13-26-28-19(17-43(26)30(45)23(24)18-50-31(35)46)12-21-22(16-38-52-34(2,3)4)27(7-6-25(21)39-28)51-33(47)42-10-8-41(9-11-42)32-36-14-20(15-37-32)29(44)40-49/h6-7,12-16,48-49H,5,8-11,17-18H2,1-4H3,(H,40,44)/b38-16-/t35-/m0/s1. The Morgan fingerprint density at radius 2 is 1.85 bits per heavy atom. The summed E-state index contributed by atoms with van der Waals surface area (Å²) < 4.78 is 12.7. The van der Waals surface area contributed by atoms with Crippen LogP contribution in [0.3, 0.4) is 0 Å². The van der Waals surface area contributed by atoms with Crippen LogP contribution in [0.2, 0.25) is 0 Å². The third-order valence-corrected chi connectivity index (χ3v) is 9.22. The summed E-state index contributed by atoms with van der Waals surface area (Å²) in [6.45, 7) is 8.57. The Labute approximate surface area is 296 Å². The summed E-state index contributed by atoms with van der Waals surface area (Å²) in [7, 11) is 0. The Morgan fingerprint density at radius 3 is 2.52 bits per heavy atom. The number of rotatable bonds is 6. The van der Waals surface area contributed by atoms with E-state index in [1.165, 1.54) is 24.1 Å². The molecule has 0 spiro atoms. The quantitative estimate of drug-likeness (QED) is 0.100. The van der Waals surface area contributed by atoms with E-state index in [-0.39, 0.29) is 47.6 Å². The lowest BCUT2D eigenvalue weighted by Crippen LogP contribution is -2.50. The van der Waals surface area contributed by atoms with Crippen molar-refractivity contribution < 1.29 is 39.0 Å². The molecule has 270 valence electrons. The first-order valence-electron chi connectivity index (χ1n) is 16.6. The number of pyridine rings is 2. The van der Waals surface area contributed by atoms with Crippen LogP contribution in [0.15, 0.2) is 46.6 Å². The minimum Gasteiger partial charge on any atom is -0.458 e. The number of hydroxylamine groups is 1. The molecule has 1 aromatic carbocycles. The largest absolute Gasteiger partial charge is 0.458 e. The molecule has 0 aliphatic carbocycles. The van der Waals surface area contributed by atoms with Crippen LogP contribution in [0.1, 0.15) is 66.7 Å². The second-order valence-electron chi connectivity index (χ2n) is 13.6. The zero-order valence-corrected chi connectivity index (χ0v) is 28.9. The number of nitrogens with one attached hydrogen (secondary N) is 1. The summed E-state index contributed by atoms with van der Waals surface area (Å²) in [4.78, 5) is 73.6. The number of oxime groups is 1. The van der Waals surface area contributed by atoms with E-state index in [2.05, 4.69) is 15.1 Å². The Kier molecular flexibility index (Phi) is 8.62. The minimum absolute atomic E-state index is 0.0336. The number of aliphatic hydroxyl groups is 1. The second-order valence-corrected chi connectivity index (χ2v) is 13.6. The van der Waals surface area contributed by atoms with Crippen molar-refractivity contribution >= 4 is 41.0 Å². The molecule has 0 unspecified atom stereocenters. The van der Waals surface area contributed by atoms with Crippen LogP contribution in [-0.4, -0.2) is 90.7 Å². The van der Waals surface area contributed by atoms with Crippen molar-refractivity contribution in [1.82, 2.24) is 29.9 Å². The van der Waals surface area contributed by atoms with Crippen LogP contribution in [0.25, 0.3) is 22.3 Å². The molecule has 6 heterocycles. The van der Waals surface area contributed by atoms with Crippen molar-refractivity contribution in [2.75, 3.05) is 31.1 Å². The topological polar surface area (TPSA) is 211 Å². The Morgan fingerprint density at radius 1 is 1.12 bits per heavy atom. The molecular weight excluding hydrogens is 676 g/mol. The number of hydrogen-bond acceptors (Lipinski definition) is 14. The van der Waals surface area contributed by atoms with Crippen molar-refractivity contribution in [3.8, 4) is 17.1 Å². The number of carbonyl (C=O) groups excluding carboxylic acids is 3. The number of piperazine rings is 1. The SMILES string of the molecule is CC[C@@]1(O)C(=O)OCc2c1cc1n(c2=O)Cc2cc3c(/C=N\OC(C)(C)C)c(OC(=O)N4CCN(c5ncc(C(=O)NO)cn5)CC4)ccc3nc2-1. The third kappa shape index (κ3) is 6.06. The summed E-state index contributed by atoms with van der Waals surface area (Å²) >= 11 is 0. The highest BCUT2D eigenvalue weighted by molar-refractivity contribution is 6.03. The average Bonchev–Trinajstić information content (AvgIpc) is 3.50. The fourth-order valence-corrected chi connectivity index (χ4v) is 6.43. The summed E-state index contributed by atoms with van der Waals surface area (Å²) in [5.41, 5.74) is 1.85. The molecule has 3 aliphatic heterocycles. The van der Waals surface area contributed by atoms with Gasteiger partial charge in [0.05, 0.1) is 40.8 Å². The molecule has 0 radical (unpaired) electrons. The maximum Gasteiger partial charge on any atom is 0.415 e. The first-order chi connectivity index (χ1) is 24.8. The molecule has 1 fully saturated rings. The van der Waals surface area contributed by atoms with Gasteiger partial charge in [0.2, 0.25) is 5.95 Å². The monoisotopic (exact) mass is 712 g/mol. The van der Waals surface area contributed by atoms with E-state index in [1.807, 2.05) is 31.7 Å². The van der Waals surface area contributed by atoms with Crippen LogP contribution < -0.4 is 20.7 Å². The maximum atomic E-state index is 13.7. The zero-order valence-electron chi connectivity index (χ0n) is 28.9. The van der Waals surface area contributed by atoms with Crippen molar-refractivity contribution in [2.45, 2.75) is 58.5 Å². The van der Waals surface area contributed by atoms with E-state index >= 15 is 0 Å². The van der Waals surface area contributed by atoms with Crippen LogP contribution >= 0.6 is 0 Å². The van der Waals surface area contributed by atoms with Gasteiger partial charge >= 0.3 is 12.1 Å². The number of benzene rings is 1. The van der Waals surface area contributed by atoms with Gasteiger partial charge < -0.3 is 33.8 Å². The van der Waals surface area contributed by atoms with Crippen molar-refractivity contribution in [3.63, 3.8) is 0 Å². The minimum atomic E-state index is -1.94. The molecule has 17 nitrogen and oxygen atoms in total. The zero-order chi connectivity index (χ0) is 36.9. The van der Waals surface area contributed by atoms with Crippen molar-refractivity contribution in [1.29, 1.82) is 0 Å². The summed E-state index contributed by atoms with van der Waals surface area (Å²) in [5, 5.41) is 24.8. The number of ether oxygens (including phenoxy) is 2. The Balaban J connectivity index is 1.18. The number of esters is 1. The van der Waals surface area contributed by atoms with Crippen molar-refractivity contribution in [3.05, 3.63) is 74.8 Å². The summed E-state index contributed by atoms with van der Waals surface area (Å²) in [6, 6.07) is 6.83. The molecule has 3 N–H and O–H groups in total. The van der Waals surface area contributed by atoms with Crippen LogP contribution in [0.4, 0.5) is 10.7 Å². The third-order valence-electron chi connectivity index (χ3n) is 9.22. The smallest absolute Gasteiger partial charge is 0.415 e. The molecule has 1 atom stereocenters. The number of anilines is 1. The highest BCUT2D eigenvalue weighted by Gasteiger charge is 2.45. The fourth-order valence-electron chi connectivity index (χ4n) is 6.43. The van der Waals surface area contributed by atoms with Crippen LogP contribution in [-0.2, 0) is 33.1 Å². The van der Waals surface area contributed by atoms with Gasteiger partial charge in [-0.1, -0.05) is 12.1 Å². The molecule has 3 aromatic heterocycles. The molecule has 3 aliphatic rings. The lowest BCUT2D eigenvalue weighted by Gasteiger charge is -2.34. The maximum absolute atomic E-state index is 13.7. The highest BCUT2D eigenvalue weighted by Crippen LogP contribution is 2.39. The predicted molar refractivity (Wildman–Crippen MR) is 184 cm³/mol. The molecule has 17 heteroatoms. The highest BCUT2D eigenvalue weighted by atomic mass is 16.6. The summed E-state index contributed by atoms with van der Waals surface area (Å²) in [5.74, 6) is -0.920. The predicted octanol–water partition coefficient (Wildman–Crippen LogP) is 2.46. The van der Waals surface area contributed by atoms with Gasteiger partial charge in [-0.15, -0.1) is 0 Å². The number of hydrogen-bond donors (Lipinski definition) is 3. The molecule has 0 saturated carbocycles. The van der Waals surface area contributed by atoms with Gasteiger partial charge in [0, 0.05) is 60.6 Å². The van der Waals surface area contributed by atoms with Gasteiger partial charge in [0.1, 0.15) is 18.0 Å². The van der Waals surface area contributed by atoms with Crippen LogP contribution in [0.5, 0.6) is 5.75 Å². The normalized spacial score (nSPS) is 18.2. The number of carbonyl (C=O) groups is 3. The molecule has 7 rings (SSSR count). The van der Waals surface area contributed by atoms with Gasteiger partial charge in [-0.2, -0.15) is 0 Å². The first-order valence-corrected chi connectivity index (χ1v) is 16.6. The van der Waals surface area contributed by atoms with E-state index in [0.29, 0.717) is 65.5 Å².